The Balaban J connectivity index is 2.76. The van der Waals surface area contributed by atoms with E-state index in [9.17, 15) is 13.2 Å². The fraction of sp³-hybridized carbons (Fsp3) is 0.167. The van der Waals surface area contributed by atoms with Gasteiger partial charge in [0, 0.05) is 12.4 Å². The number of nitrogens with zero attached hydrogens (tertiary/aromatic N) is 4. The minimum atomic E-state index is -4.55. The largest absolute Gasteiger partial charge is 0.452 e. The molecule has 0 amide bonds. The first-order chi connectivity index (χ1) is 6.50. The molecule has 14 heavy (non-hydrogen) atoms. The van der Waals surface area contributed by atoms with Crippen molar-refractivity contribution in [3.05, 3.63) is 18.2 Å². The number of nitrogens with two attached hydrogens (primary N) is 1. The molecule has 0 unspecified atom stereocenters. The molecule has 0 spiro atoms. The maximum Gasteiger partial charge on any atom is 0.452 e. The molecule has 0 aliphatic rings. The molecule has 0 aliphatic carbocycles. The number of nitrogen functional groups attached to an aromatic ring is 1. The lowest BCUT2D eigenvalue weighted by Crippen LogP contribution is -2.11. The van der Waals surface area contributed by atoms with Crippen LogP contribution in [0.25, 0.3) is 5.65 Å². The van der Waals surface area contributed by atoms with Crippen LogP contribution in [-0.2, 0) is 6.18 Å². The lowest BCUT2D eigenvalue weighted by molar-refractivity contribution is -0.145. The van der Waals surface area contributed by atoms with Gasteiger partial charge in [-0.1, -0.05) is 0 Å². The predicted octanol–water partition coefficient (Wildman–Crippen LogP) is 0.725. The summed E-state index contributed by atoms with van der Waals surface area (Å²) >= 11 is 0. The van der Waals surface area contributed by atoms with Crippen LogP contribution in [0.4, 0.5) is 19.0 Å². The molecule has 0 saturated heterocycles. The standard InChI is InChI=1S/C6H4F3N5/c7-6(8,9)5-13-12-4-3(10)11-1-2-14(4)5/h1-2H,(H2,10,11). The predicted molar refractivity (Wildman–Crippen MR) is 40.2 cm³/mol. The van der Waals surface area contributed by atoms with Crippen molar-refractivity contribution in [3.8, 4) is 0 Å². The van der Waals surface area contributed by atoms with Crippen LogP contribution in [0.3, 0.4) is 0 Å². The van der Waals surface area contributed by atoms with Gasteiger partial charge in [0.15, 0.2) is 5.82 Å². The van der Waals surface area contributed by atoms with E-state index in [1.807, 2.05) is 0 Å². The van der Waals surface area contributed by atoms with E-state index in [1.54, 1.807) is 0 Å². The number of aromatic nitrogens is 4. The van der Waals surface area contributed by atoms with E-state index < -0.39 is 12.0 Å². The van der Waals surface area contributed by atoms with Gasteiger partial charge in [0.25, 0.3) is 0 Å². The van der Waals surface area contributed by atoms with Crippen LogP contribution in [-0.4, -0.2) is 19.6 Å². The Morgan fingerprint density at radius 3 is 2.64 bits per heavy atom. The average molecular weight is 203 g/mol. The van der Waals surface area contributed by atoms with Crippen molar-refractivity contribution in [2.45, 2.75) is 6.18 Å². The van der Waals surface area contributed by atoms with Crippen molar-refractivity contribution in [1.82, 2.24) is 19.6 Å². The Kier molecular flexibility index (Phi) is 1.60. The number of hydrogen-bond donors (Lipinski definition) is 1. The van der Waals surface area contributed by atoms with Gasteiger partial charge in [-0.25, -0.2) is 4.98 Å². The summed E-state index contributed by atoms with van der Waals surface area (Å²) in [5.74, 6) is -1.20. The van der Waals surface area contributed by atoms with Crippen LogP contribution in [0.15, 0.2) is 12.4 Å². The number of fused-ring (bicyclic) bond motifs is 1. The van der Waals surface area contributed by atoms with Gasteiger partial charge in [-0.05, 0) is 0 Å². The van der Waals surface area contributed by atoms with E-state index >= 15 is 0 Å². The molecule has 5 nitrogen and oxygen atoms in total. The molecule has 2 heterocycles. The lowest BCUT2D eigenvalue weighted by Gasteiger charge is -2.03. The van der Waals surface area contributed by atoms with Crippen molar-refractivity contribution >= 4 is 11.5 Å². The zero-order valence-corrected chi connectivity index (χ0v) is 6.65. The Hall–Kier alpha value is -1.86. The van der Waals surface area contributed by atoms with Crippen molar-refractivity contribution in [3.63, 3.8) is 0 Å². The molecule has 8 heteroatoms. The summed E-state index contributed by atoms with van der Waals surface area (Å²) in [5.41, 5.74) is 5.21. The Morgan fingerprint density at radius 1 is 1.29 bits per heavy atom. The minimum absolute atomic E-state index is 0.0875. The van der Waals surface area contributed by atoms with Crippen LogP contribution in [0.2, 0.25) is 0 Å². The SMILES string of the molecule is Nc1nccn2c(C(F)(F)F)nnc12. The quantitative estimate of drug-likeness (QED) is 0.685. The van der Waals surface area contributed by atoms with Crippen molar-refractivity contribution in [2.24, 2.45) is 0 Å². The highest BCUT2D eigenvalue weighted by atomic mass is 19.4. The molecule has 2 rings (SSSR count). The third-order valence-corrected chi connectivity index (χ3v) is 1.61. The molecule has 2 aromatic rings. The van der Waals surface area contributed by atoms with E-state index in [4.69, 9.17) is 5.73 Å². The van der Waals surface area contributed by atoms with Crippen LogP contribution in [0.5, 0.6) is 0 Å². The summed E-state index contributed by atoms with van der Waals surface area (Å²) in [5, 5.41) is 6.29. The normalized spacial score (nSPS) is 12.2. The fourth-order valence-electron chi connectivity index (χ4n) is 1.04. The van der Waals surface area contributed by atoms with Crippen LogP contribution >= 0.6 is 0 Å². The van der Waals surface area contributed by atoms with Gasteiger partial charge >= 0.3 is 6.18 Å². The smallest absolute Gasteiger partial charge is 0.381 e. The lowest BCUT2D eigenvalue weighted by atomic mass is 10.5. The molecule has 2 N–H and O–H groups in total. The van der Waals surface area contributed by atoms with E-state index in [0.717, 1.165) is 16.8 Å². The number of anilines is 1. The van der Waals surface area contributed by atoms with Gasteiger partial charge in [-0.2, -0.15) is 13.2 Å². The highest BCUT2D eigenvalue weighted by Crippen LogP contribution is 2.28. The second kappa shape index (κ2) is 2.56. The molecular weight excluding hydrogens is 199 g/mol. The average Bonchev–Trinajstić information content (AvgIpc) is 2.47. The van der Waals surface area contributed by atoms with Gasteiger partial charge in [-0.15, -0.1) is 10.2 Å². The van der Waals surface area contributed by atoms with Crippen LogP contribution < -0.4 is 5.73 Å². The third kappa shape index (κ3) is 1.15. The Bertz CT molecular complexity index is 474. The second-order valence-corrected chi connectivity index (χ2v) is 2.53. The molecule has 2 aromatic heterocycles. The highest BCUT2D eigenvalue weighted by Gasteiger charge is 2.37. The third-order valence-electron chi connectivity index (χ3n) is 1.61. The van der Waals surface area contributed by atoms with Crippen LogP contribution in [0.1, 0.15) is 5.82 Å². The second-order valence-electron chi connectivity index (χ2n) is 2.53. The van der Waals surface area contributed by atoms with Gasteiger partial charge < -0.3 is 5.73 Å². The Morgan fingerprint density at radius 2 is 2.00 bits per heavy atom. The monoisotopic (exact) mass is 203 g/mol. The summed E-state index contributed by atoms with van der Waals surface area (Å²) < 4.78 is 37.6. The number of hydrogen-bond acceptors (Lipinski definition) is 4. The maximum atomic E-state index is 12.3. The first kappa shape index (κ1) is 8.73. The fourth-order valence-corrected chi connectivity index (χ4v) is 1.04. The summed E-state index contributed by atoms with van der Waals surface area (Å²) in [4.78, 5) is 3.59. The van der Waals surface area contributed by atoms with Crippen molar-refractivity contribution < 1.29 is 13.2 Å². The molecule has 0 bridgehead atoms. The van der Waals surface area contributed by atoms with Crippen molar-refractivity contribution in [1.29, 1.82) is 0 Å². The van der Waals surface area contributed by atoms with Crippen LogP contribution in [0, 0.1) is 0 Å². The number of alkyl halides is 3. The molecule has 0 fully saturated rings. The topological polar surface area (TPSA) is 69.1 Å². The molecular formula is C6H4F3N5. The zero-order chi connectivity index (χ0) is 10.3. The molecule has 0 atom stereocenters. The molecule has 0 saturated carbocycles. The van der Waals surface area contributed by atoms with E-state index in [1.165, 1.54) is 0 Å². The van der Waals surface area contributed by atoms with Gasteiger partial charge in [-0.3, -0.25) is 4.40 Å². The summed E-state index contributed by atoms with van der Waals surface area (Å²) in [6.45, 7) is 0. The zero-order valence-electron chi connectivity index (χ0n) is 6.65. The maximum absolute atomic E-state index is 12.3. The van der Waals surface area contributed by atoms with Gasteiger partial charge in [0.1, 0.15) is 0 Å². The van der Waals surface area contributed by atoms with Crippen molar-refractivity contribution in [2.75, 3.05) is 5.73 Å². The van der Waals surface area contributed by atoms with Gasteiger partial charge in [0.2, 0.25) is 11.5 Å². The molecule has 0 aromatic carbocycles. The Labute approximate surface area is 75.4 Å². The van der Waals surface area contributed by atoms with E-state index in [0.29, 0.717) is 0 Å². The summed E-state index contributed by atoms with van der Waals surface area (Å²) in [6, 6.07) is 0. The van der Waals surface area contributed by atoms with E-state index in [-0.39, 0.29) is 11.5 Å². The number of rotatable bonds is 0. The highest BCUT2D eigenvalue weighted by molar-refractivity contribution is 5.58. The first-order valence-corrected chi connectivity index (χ1v) is 3.52. The molecule has 0 radical (unpaired) electrons. The van der Waals surface area contributed by atoms with E-state index in [2.05, 4.69) is 15.2 Å². The minimum Gasteiger partial charge on any atom is -0.381 e. The summed E-state index contributed by atoms with van der Waals surface area (Å²) in [6.07, 6.45) is -2.29. The van der Waals surface area contributed by atoms with Gasteiger partial charge in [0.05, 0.1) is 0 Å². The summed E-state index contributed by atoms with van der Waals surface area (Å²) in [7, 11) is 0. The number of halogens is 3. The first-order valence-electron chi connectivity index (χ1n) is 3.52. The molecule has 0 aliphatic heterocycles. The molecule has 74 valence electrons.